The summed E-state index contributed by atoms with van der Waals surface area (Å²) in [7, 11) is 0. The molecule has 4 rings (SSSR count). The first kappa shape index (κ1) is 16.0. The lowest BCUT2D eigenvalue weighted by molar-refractivity contribution is 0.315. The van der Waals surface area contributed by atoms with E-state index in [0.717, 1.165) is 11.4 Å². The first-order valence-corrected chi connectivity index (χ1v) is 9.84. The van der Waals surface area contributed by atoms with Crippen molar-refractivity contribution in [2.24, 2.45) is 0 Å². The zero-order valence-electron chi connectivity index (χ0n) is 14.2. The molecular weight excluding hydrogens is 336 g/mol. The summed E-state index contributed by atoms with van der Waals surface area (Å²) in [6.07, 6.45) is 9.06. The van der Waals surface area contributed by atoms with E-state index in [1.54, 1.807) is 5.57 Å². The van der Waals surface area contributed by atoms with Crippen molar-refractivity contribution in [3.63, 3.8) is 0 Å². The van der Waals surface area contributed by atoms with Crippen LogP contribution in [0.25, 0.3) is 15.8 Å². The molecule has 0 spiro atoms. The van der Waals surface area contributed by atoms with Crippen LogP contribution in [0.3, 0.4) is 0 Å². The summed E-state index contributed by atoms with van der Waals surface area (Å²) in [5.41, 5.74) is 2.94. The Hall–Kier alpha value is -1.45. The largest absolute Gasteiger partial charge is 0.384 e. The van der Waals surface area contributed by atoms with Crippen molar-refractivity contribution >= 4 is 38.7 Å². The molecule has 126 valence electrons. The van der Waals surface area contributed by atoms with Gasteiger partial charge in [-0.05, 0) is 68.8 Å². The van der Waals surface area contributed by atoms with Crippen LogP contribution in [-0.2, 0) is 0 Å². The molecule has 1 unspecified atom stereocenters. The predicted octanol–water partition coefficient (Wildman–Crippen LogP) is 5.69. The Morgan fingerprint density at radius 3 is 2.83 bits per heavy atom. The Morgan fingerprint density at radius 2 is 2.17 bits per heavy atom. The number of rotatable bonds is 3. The highest BCUT2D eigenvalue weighted by molar-refractivity contribution is 7.20. The third-order valence-electron chi connectivity index (χ3n) is 5.19. The minimum absolute atomic E-state index is 0.0403. The molecule has 1 atom stereocenters. The Balaban J connectivity index is 1.72. The van der Waals surface area contributed by atoms with Crippen molar-refractivity contribution in [2.75, 3.05) is 0 Å². The molecule has 1 aromatic carbocycles. The molecule has 4 heteroatoms. The number of halogens is 1. The maximum absolute atomic E-state index is 6.39. The fourth-order valence-electron chi connectivity index (χ4n) is 3.39. The summed E-state index contributed by atoms with van der Waals surface area (Å²) in [4.78, 5) is 1.32. The van der Waals surface area contributed by atoms with Crippen molar-refractivity contribution in [1.82, 2.24) is 10.6 Å². The van der Waals surface area contributed by atoms with Crippen molar-refractivity contribution in [3.8, 4) is 0 Å². The molecule has 0 radical (unpaired) electrons. The van der Waals surface area contributed by atoms with Gasteiger partial charge in [-0.2, -0.15) is 0 Å². The quantitative estimate of drug-likeness (QED) is 0.736. The molecule has 0 saturated heterocycles. The zero-order chi connectivity index (χ0) is 16.7. The predicted molar refractivity (Wildman–Crippen MR) is 106 cm³/mol. The van der Waals surface area contributed by atoms with E-state index in [4.69, 9.17) is 11.6 Å². The molecule has 1 saturated carbocycles. The fourth-order valence-corrected chi connectivity index (χ4v) is 4.81. The van der Waals surface area contributed by atoms with Gasteiger partial charge in [0.1, 0.15) is 0 Å². The summed E-state index contributed by atoms with van der Waals surface area (Å²) in [6, 6.07) is 8.83. The van der Waals surface area contributed by atoms with Gasteiger partial charge in [0.05, 0.1) is 31.9 Å². The molecule has 0 amide bonds. The highest BCUT2D eigenvalue weighted by atomic mass is 35.5. The molecule has 0 bridgehead atoms. The lowest BCUT2D eigenvalue weighted by Gasteiger charge is -2.39. The van der Waals surface area contributed by atoms with Crippen LogP contribution in [0.2, 0.25) is 5.02 Å². The molecule has 1 fully saturated rings. The van der Waals surface area contributed by atoms with Gasteiger partial charge in [-0.1, -0.05) is 29.8 Å². The summed E-state index contributed by atoms with van der Waals surface area (Å²) in [6.45, 7) is 4.53. The second-order valence-corrected chi connectivity index (χ2v) is 8.76. The number of allylic oxidation sites excluding steroid dienone is 1. The van der Waals surface area contributed by atoms with Gasteiger partial charge in [0, 0.05) is 0 Å². The van der Waals surface area contributed by atoms with E-state index in [-0.39, 0.29) is 5.54 Å². The number of hydrogen-bond donors (Lipinski definition) is 2. The van der Waals surface area contributed by atoms with E-state index < -0.39 is 0 Å². The normalized spacial score (nSPS) is 22.1. The maximum atomic E-state index is 6.39. The zero-order valence-corrected chi connectivity index (χ0v) is 15.7. The van der Waals surface area contributed by atoms with Gasteiger partial charge < -0.3 is 10.6 Å². The average molecular weight is 359 g/mol. The van der Waals surface area contributed by atoms with Gasteiger partial charge in [-0.3, -0.25) is 0 Å². The van der Waals surface area contributed by atoms with Crippen LogP contribution in [0.5, 0.6) is 0 Å². The number of hydrogen-bond acceptors (Lipinski definition) is 3. The standard InChI is InChI=1S/C20H23ClN2S/c1-20(2)17(10-5-11-22-20)23-18(13-6-3-7-13)16-12-14-8-4-9-15(21)19(14)24-16/h4-5,8-9,11-12,17,22-23H,3,6-7,10H2,1-2H3. The van der Waals surface area contributed by atoms with E-state index in [9.17, 15) is 0 Å². The second-order valence-electron chi connectivity index (χ2n) is 7.30. The van der Waals surface area contributed by atoms with Crippen LogP contribution in [-0.4, -0.2) is 11.6 Å². The van der Waals surface area contributed by atoms with Crippen LogP contribution < -0.4 is 10.6 Å². The minimum atomic E-state index is 0.0403. The highest BCUT2D eigenvalue weighted by Gasteiger charge is 2.31. The van der Waals surface area contributed by atoms with Gasteiger partial charge >= 0.3 is 0 Å². The molecular formula is C20H23ClN2S. The third kappa shape index (κ3) is 2.84. The van der Waals surface area contributed by atoms with Crippen LogP contribution >= 0.6 is 22.9 Å². The van der Waals surface area contributed by atoms with Gasteiger partial charge in [0.15, 0.2) is 0 Å². The van der Waals surface area contributed by atoms with Crippen molar-refractivity contribution in [2.45, 2.75) is 51.1 Å². The Labute approximate surface area is 152 Å². The lowest BCUT2D eigenvalue weighted by Crippen LogP contribution is -2.55. The van der Waals surface area contributed by atoms with E-state index >= 15 is 0 Å². The average Bonchev–Trinajstić information content (AvgIpc) is 2.92. The smallest absolute Gasteiger partial charge is 0.0584 e. The first-order chi connectivity index (χ1) is 11.5. The Morgan fingerprint density at radius 1 is 1.33 bits per heavy atom. The molecule has 1 aliphatic carbocycles. The van der Waals surface area contributed by atoms with Gasteiger partial charge in [0.25, 0.3) is 0 Å². The van der Waals surface area contributed by atoms with E-state index in [1.807, 2.05) is 23.5 Å². The summed E-state index contributed by atoms with van der Waals surface area (Å²) < 4.78 is 1.19. The second kappa shape index (κ2) is 6.12. The van der Waals surface area contributed by atoms with Crippen molar-refractivity contribution in [1.29, 1.82) is 0 Å². The monoisotopic (exact) mass is 358 g/mol. The van der Waals surface area contributed by atoms with Gasteiger partial charge in [-0.25, -0.2) is 0 Å². The Kier molecular flexibility index (Phi) is 4.09. The number of thiophene rings is 1. The maximum Gasteiger partial charge on any atom is 0.0584 e. The first-order valence-electron chi connectivity index (χ1n) is 8.64. The van der Waals surface area contributed by atoms with Gasteiger partial charge in [0.2, 0.25) is 0 Å². The number of benzene rings is 1. The molecule has 1 aliphatic heterocycles. The topological polar surface area (TPSA) is 24.1 Å². The minimum Gasteiger partial charge on any atom is -0.384 e. The molecule has 2 aromatic rings. The van der Waals surface area contributed by atoms with Crippen LogP contribution in [0.1, 0.15) is 44.4 Å². The Bertz CT molecular complexity index is 825. The molecule has 24 heavy (non-hydrogen) atoms. The highest BCUT2D eigenvalue weighted by Crippen LogP contribution is 2.40. The number of nitrogens with one attached hydrogen (secondary N) is 2. The fraction of sp³-hybridized carbons (Fsp3) is 0.400. The molecule has 2 aliphatic rings. The molecule has 2 nitrogen and oxygen atoms in total. The number of fused-ring (bicyclic) bond motifs is 1. The van der Waals surface area contributed by atoms with E-state index in [0.29, 0.717) is 6.04 Å². The molecule has 1 aromatic heterocycles. The van der Waals surface area contributed by atoms with Crippen LogP contribution in [0, 0.1) is 0 Å². The molecule has 2 heterocycles. The van der Waals surface area contributed by atoms with Crippen LogP contribution in [0.15, 0.2) is 42.1 Å². The van der Waals surface area contributed by atoms with E-state index in [1.165, 1.54) is 39.9 Å². The lowest BCUT2D eigenvalue weighted by atomic mass is 9.86. The van der Waals surface area contributed by atoms with Crippen LogP contribution in [0.4, 0.5) is 0 Å². The SMILES string of the molecule is CC1(C)NC=CCC1NC(=C1CCC1)c1cc2cccc(Cl)c2s1. The summed E-state index contributed by atoms with van der Waals surface area (Å²) in [5.74, 6) is 0. The van der Waals surface area contributed by atoms with Crippen molar-refractivity contribution < 1.29 is 0 Å². The summed E-state index contributed by atoms with van der Waals surface area (Å²) in [5, 5.41) is 9.46. The van der Waals surface area contributed by atoms with Crippen molar-refractivity contribution in [3.05, 3.63) is 52.0 Å². The molecule has 2 N–H and O–H groups in total. The van der Waals surface area contributed by atoms with Gasteiger partial charge in [-0.15, -0.1) is 11.3 Å². The third-order valence-corrected chi connectivity index (χ3v) is 6.82. The summed E-state index contributed by atoms with van der Waals surface area (Å²) >= 11 is 8.20. The van der Waals surface area contributed by atoms with E-state index in [2.05, 4.69) is 48.9 Å².